The number of benzene rings is 1. The van der Waals surface area contributed by atoms with Crippen LogP contribution in [0.5, 0.6) is 0 Å². The summed E-state index contributed by atoms with van der Waals surface area (Å²) >= 11 is 0. The van der Waals surface area contributed by atoms with E-state index in [2.05, 4.69) is 4.98 Å². The van der Waals surface area contributed by atoms with Crippen LogP contribution < -0.4 is 0 Å². The van der Waals surface area contributed by atoms with Crippen molar-refractivity contribution in [1.29, 1.82) is 0 Å². The first kappa shape index (κ1) is 15.3. The normalized spacial score (nSPS) is 13.6. The van der Waals surface area contributed by atoms with Crippen molar-refractivity contribution in [2.45, 2.75) is 32.0 Å². The maximum absolute atomic E-state index is 12.8. The van der Waals surface area contributed by atoms with Crippen molar-refractivity contribution in [3.8, 4) is 0 Å². The van der Waals surface area contributed by atoms with E-state index in [0.717, 1.165) is 12.1 Å². The number of hydrogen-bond acceptors (Lipinski definition) is 3. The molecule has 114 valence electrons. The van der Waals surface area contributed by atoms with Gasteiger partial charge in [0.2, 0.25) is 0 Å². The molecule has 0 saturated carbocycles. The van der Waals surface area contributed by atoms with Crippen molar-refractivity contribution in [1.82, 2.24) is 4.98 Å². The van der Waals surface area contributed by atoms with Gasteiger partial charge in [-0.05, 0) is 18.6 Å². The highest BCUT2D eigenvalue weighted by molar-refractivity contribution is 5.84. The number of H-pyrrole nitrogens is 1. The number of fused-ring (bicyclic) bond motifs is 1. The average Bonchev–Trinajstić information content (AvgIpc) is 2.76. The lowest BCUT2D eigenvalue weighted by molar-refractivity contribution is -0.387. The number of aliphatic hydroxyl groups excluding tert-OH is 1. The molecular weight excluding hydrogens is 289 g/mol. The number of nitrogens with one attached hydrogen (secondary N) is 1. The van der Waals surface area contributed by atoms with Gasteiger partial charge in [0.05, 0.1) is 11.0 Å². The third-order valence-electron chi connectivity index (χ3n) is 3.22. The summed E-state index contributed by atoms with van der Waals surface area (Å²) in [6, 6.07) is 3.15. The van der Waals surface area contributed by atoms with E-state index in [1.807, 2.05) is 0 Å². The van der Waals surface area contributed by atoms with Gasteiger partial charge in [-0.25, -0.2) is 0 Å². The summed E-state index contributed by atoms with van der Waals surface area (Å²) in [5.41, 5.74) is -1.57. The predicted molar refractivity (Wildman–Crippen MR) is 70.0 cm³/mol. The van der Waals surface area contributed by atoms with Crippen LogP contribution in [0.25, 0.3) is 10.9 Å². The van der Waals surface area contributed by atoms with Gasteiger partial charge in [0.15, 0.2) is 0 Å². The van der Waals surface area contributed by atoms with Gasteiger partial charge in [0, 0.05) is 29.1 Å². The maximum Gasteiger partial charge on any atom is 0.423 e. The van der Waals surface area contributed by atoms with E-state index in [-0.39, 0.29) is 11.9 Å². The number of aromatic amines is 1. The number of aromatic nitrogens is 1. The quantitative estimate of drug-likeness (QED) is 0.671. The molecule has 0 aliphatic rings. The molecule has 21 heavy (non-hydrogen) atoms. The molecule has 0 spiro atoms. The molecule has 0 radical (unpaired) electrons. The van der Waals surface area contributed by atoms with Gasteiger partial charge in [-0.2, -0.15) is 13.2 Å². The van der Waals surface area contributed by atoms with Gasteiger partial charge in [-0.15, -0.1) is 0 Å². The second kappa shape index (κ2) is 5.36. The van der Waals surface area contributed by atoms with Crippen LogP contribution in [0.2, 0.25) is 0 Å². The molecule has 1 aromatic heterocycles. The molecule has 2 N–H and O–H groups in total. The van der Waals surface area contributed by atoms with Crippen LogP contribution in [-0.2, 0) is 12.6 Å². The summed E-state index contributed by atoms with van der Waals surface area (Å²) in [6.45, 7) is 1.78. The molecule has 8 heteroatoms. The summed E-state index contributed by atoms with van der Waals surface area (Å²) in [4.78, 5) is 12.5. The summed E-state index contributed by atoms with van der Waals surface area (Å²) < 4.78 is 38.5. The van der Waals surface area contributed by atoms with Crippen molar-refractivity contribution in [2.24, 2.45) is 0 Å². The molecule has 1 unspecified atom stereocenters. The standard InChI is InChI=1S/C13H13F3N2O3/c1-2-9(19)5-8-3-7-4-12(18(20)21)10(13(14,15)16)6-11(7)17-8/h3-4,6,9,17,19H,2,5H2,1H3. The Morgan fingerprint density at radius 3 is 2.57 bits per heavy atom. The summed E-state index contributed by atoms with van der Waals surface area (Å²) in [7, 11) is 0. The van der Waals surface area contributed by atoms with Gasteiger partial charge in [-0.1, -0.05) is 6.92 Å². The number of hydrogen-bond donors (Lipinski definition) is 2. The zero-order chi connectivity index (χ0) is 15.8. The largest absolute Gasteiger partial charge is 0.423 e. The first-order chi connectivity index (χ1) is 9.72. The van der Waals surface area contributed by atoms with Crippen LogP contribution in [-0.4, -0.2) is 21.1 Å². The smallest absolute Gasteiger partial charge is 0.393 e. The van der Waals surface area contributed by atoms with E-state index in [9.17, 15) is 28.4 Å². The molecule has 0 bridgehead atoms. The minimum atomic E-state index is -4.80. The number of nitrogens with zero attached hydrogens (tertiary/aromatic N) is 1. The lowest BCUT2D eigenvalue weighted by Crippen LogP contribution is -2.09. The highest BCUT2D eigenvalue weighted by Gasteiger charge is 2.38. The first-order valence-electron chi connectivity index (χ1n) is 6.27. The van der Waals surface area contributed by atoms with E-state index in [1.54, 1.807) is 6.92 Å². The Labute approximate surface area is 117 Å². The topological polar surface area (TPSA) is 79.2 Å². The zero-order valence-corrected chi connectivity index (χ0v) is 11.1. The van der Waals surface area contributed by atoms with Crippen LogP contribution in [0, 0.1) is 10.1 Å². The molecular formula is C13H13F3N2O3. The SMILES string of the molecule is CCC(O)Cc1cc2cc([N+](=O)[O-])c(C(F)(F)F)cc2[nH]1. The molecule has 0 fully saturated rings. The van der Waals surface area contributed by atoms with Crippen molar-refractivity contribution < 1.29 is 23.2 Å². The fourth-order valence-corrected chi connectivity index (χ4v) is 2.12. The lowest BCUT2D eigenvalue weighted by Gasteiger charge is -2.07. The fourth-order valence-electron chi connectivity index (χ4n) is 2.12. The number of nitro benzene ring substituents is 1. The van der Waals surface area contributed by atoms with E-state index < -0.39 is 28.5 Å². The Hall–Kier alpha value is -2.09. The molecule has 0 aliphatic carbocycles. The summed E-state index contributed by atoms with van der Waals surface area (Å²) in [5, 5.41) is 20.7. The molecule has 5 nitrogen and oxygen atoms in total. The van der Waals surface area contributed by atoms with E-state index >= 15 is 0 Å². The lowest BCUT2D eigenvalue weighted by atomic mass is 10.1. The third-order valence-corrected chi connectivity index (χ3v) is 3.22. The second-order valence-corrected chi connectivity index (χ2v) is 4.77. The molecule has 0 amide bonds. The van der Waals surface area contributed by atoms with Crippen molar-refractivity contribution in [2.75, 3.05) is 0 Å². The maximum atomic E-state index is 12.8. The van der Waals surface area contributed by atoms with Gasteiger partial charge in [-0.3, -0.25) is 10.1 Å². The van der Waals surface area contributed by atoms with E-state index in [1.165, 1.54) is 6.07 Å². The molecule has 2 aromatic rings. The number of halogens is 3. The Balaban J connectivity index is 2.55. The second-order valence-electron chi connectivity index (χ2n) is 4.77. The van der Waals surface area contributed by atoms with Crippen LogP contribution in [0.1, 0.15) is 24.6 Å². The third kappa shape index (κ3) is 3.15. The van der Waals surface area contributed by atoms with Gasteiger partial charge >= 0.3 is 6.18 Å². The molecule has 1 aromatic carbocycles. The molecule has 1 heterocycles. The first-order valence-corrected chi connectivity index (χ1v) is 6.27. The van der Waals surface area contributed by atoms with Gasteiger partial charge in [0.1, 0.15) is 5.56 Å². The van der Waals surface area contributed by atoms with Crippen LogP contribution in [0.15, 0.2) is 18.2 Å². The summed E-state index contributed by atoms with van der Waals surface area (Å²) in [6.07, 6.45) is -4.66. The predicted octanol–water partition coefficient (Wildman–Crippen LogP) is 3.41. The molecule has 0 saturated heterocycles. The molecule has 1 atom stereocenters. The Kier molecular flexibility index (Phi) is 3.91. The number of nitro groups is 1. The van der Waals surface area contributed by atoms with Gasteiger partial charge < -0.3 is 10.1 Å². The van der Waals surface area contributed by atoms with Crippen molar-refractivity contribution >= 4 is 16.6 Å². The average molecular weight is 302 g/mol. The summed E-state index contributed by atoms with van der Waals surface area (Å²) in [5.74, 6) is 0. The van der Waals surface area contributed by atoms with Crippen LogP contribution >= 0.6 is 0 Å². The van der Waals surface area contributed by atoms with Crippen LogP contribution in [0.3, 0.4) is 0 Å². The number of rotatable bonds is 4. The van der Waals surface area contributed by atoms with Crippen molar-refractivity contribution in [3.05, 3.63) is 39.6 Å². The Morgan fingerprint density at radius 1 is 1.38 bits per heavy atom. The number of alkyl halides is 3. The van der Waals surface area contributed by atoms with E-state index in [0.29, 0.717) is 17.5 Å². The minimum Gasteiger partial charge on any atom is -0.393 e. The zero-order valence-electron chi connectivity index (χ0n) is 11.1. The van der Waals surface area contributed by atoms with Gasteiger partial charge in [0.25, 0.3) is 5.69 Å². The highest BCUT2D eigenvalue weighted by Crippen LogP contribution is 2.38. The molecule has 2 rings (SSSR count). The Morgan fingerprint density at radius 2 is 2.05 bits per heavy atom. The monoisotopic (exact) mass is 302 g/mol. The fraction of sp³-hybridized carbons (Fsp3) is 0.385. The number of aliphatic hydroxyl groups is 1. The highest BCUT2D eigenvalue weighted by atomic mass is 19.4. The Bertz CT molecular complexity index is 679. The van der Waals surface area contributed by atoms with Crippen LogP contribution in [0.4, 0.5) is 18.9 Å². The molecule has 0 aliphatic heterocycles. The minimum absolute atomic E-state index is 0.159. The van der Waals surface area contributed by atoms with Crippen molar-refractivity contribution in [3.63, 3.8) is 0 Å². The van der Waals surface area contributed by atoms with E-state index in [4.69, 9.17) is 0 Å².